The van der Waals surface area contributed by atoms with Crippen molar-refractivity contribution in [3.05, 3.63) is 42.0 Å². The molecular formula is C12H14ClN3O3. The van der Waals surface area contributed by atoms with Gasteiger partial charge in [-0.25, -0.2) is 0 Å². The van der Waals surface area contributed by atoms with E-state index in [2.05, 4.69) is 5.32 Å². The molecular weight excluding hydrogens is 270 g/mol. The molecule has 0 aliphatic heterocycles. The van der Waals surface area contributed by atoms with Gasteiger partial charge in [0.25, 0.3) is 5.91 Å². The summed E-state index contributed by atoms with van der Waals surface area (Å²) in [5.74, 6) is -1.18. The largest absolute Gasteiger partial charge is 0.507 e. The average molecular weight is 284 g/mol. The van der Waals surface area contributed by atoms with Crippen molar-refractivity contribution in [2.24, 2.45) is 5.73 Å². The first kappa shape index (κ1) is 16.7. The molecule has 0 saturated carbocycles. The van der Waals surface area contributed by atoms with Crippen LogP contribution in [0, 0.1) is 5.41 Å². The molecule has 7 N–H and O–H groups in total. The topological polar surface area (TPSA) is 131 Å². The molecule has 0 atom stereocenters. The zero-order valence-corrected chi connectivity index (χ0v) is 10.6. The Kier molecular flexibility index (Phi) is 5.78. The van der Waals surface area contributed by atoms with E-state index in [0.717, 1.165) is 5.39 Å². The first-order valence-electron chi connectivity index (χ1n) is 4.95. The standard InChI is InChI=1S/C12H11N3O2.ClH.H2O/c13-12(14)15-11(17)10-8-4-2-1-3-7(8)5-6-9(10)16;;/h1-6,16H,(H4,13,14,15,17);1H;1H2. The number of amides is 1. The highest BCUT2D eigenvalue weighted by molar-refractivity contribution is 6.13. The lowest BCUT2D eigenvalue weighted by atomic mass is 10.0. The normalized spacial score (nSPS) is 9.05. The third-order valence-corrected chi connectivity index (χ3v) is 2.38. The third-order valence-electron chi connectivity index (χ3n) is 2.38. The van der Waals surface area contributed by atoms with Crippen LogP contribution in [0.5, 0.6) is 5.75 Å². The molecule has 0 aromatic heterocycles. The Balaban J connectivity index is 0.00000162. The van der Waals surface area contributed by atoms with Crippen LogP contribution in [0.3, 0.4) is 0 Å². The maximum absolute atomic E-state index is 11.8. The number of phenolic OH excluding ortho intramolecular Hbond substituents is 1. The van der Waals surface area contributed by atoms with E-state index in [1.165, 1.54) is 6.07 Å². The first-order chi connectivity index (χ1) is 8.09. The number of carbonyl (C=O) groups is 1. The number of benzene rings is 2. The van der Waals surface area contributed by atoms with Gasteiger partial charge in [-0.3, -0.25) is 15.5 Å². The Labute approximate surface area is 115 Å². The van der Waals surface area contributed by atoms with Crippen LogP contribution in [0.25, 0.3) is 10.8 Å². The van der Waals surface area contributed by atoms with Crippen molar-refractivity contribution in [1.29, 1.82) is 5.41 Å². The molecule has 0 saturated heterocycles. The summed E-state index contributed by atoms with van der Waals surface area (Å²) in [7, 11) is 0. The maximum atomic E-state index is 11.8. The monoisotopic (exact) mass is 283 g/mol. The van der Waals surface area contributed by atoms with Crippen LogP contribution in [-0.2, 0) is 0 Å². The minimum atomic E-state index is -0.591. The van der Waals surface area contributed by atoms with Gasteiger partial charge in [-0.05, 0) is 16.8 Å². The average Bonchev–Trinajstić information content (AvgIpc) is 2.27. The molecule has 0 spiro atoms. The highest BCUT2D eigenvalue weighted by Crippen LogP contribution is 2.26. The molecule has 1 amide bonds. The van der Waals surface area contributed by atoms with Gasteiger partial charge in [-0.2, -0.15) is 0 Å². The van der Waals surface area contributed by atoms with Gasteiger partial charge in [0.05, 0.1) is 5.56 Å². The summed E-state index contributed by atoms with van der Waals surface area (Å²) < 4.78 is 0. The number of aromatic hydroxyl groups is 1. The summed E-state index contributed by atoms with van der Waals surface area (Å²) in [5.41, 5.74) is 5.22. The third kappa shape index (κ3) is 3.34. The molecule has 0 heterocycles. The van der Waals surface area contributed by atoms with Crippen LogP contribution in [-0.4, -0.2) is 22.4 Å². The van der Waals surface area contributed by atoms with Crippen molar-refractivity contribution in [3.8, 4) is 5.75 Å². The van der Waals surface area contributed by atoms with Crippen LogP contribution >= 0.6 is 12.4 Å². The van der Waals surface area contributed by atoms with Gasteiger partial charge in [0, 0.05) is 0 Å². The van der Waals surface area contributed by atoms with E-state index in [1.807, 2.05) is 12.1 Å². The van der Waals surface area contributed by atoms with Crippen LogP contribution in [0.2, 0.25) is 0 Å². The molecule has 7 heteroatoms. The van der Waals surface area contributed by atoms with Gasteiger partial charge >= 0.3 is 0 Å². The van der Waals surface area contributed by atoms with Gasteiger partial charge in [-0.15, -0.1) is 12.4 Å². The molecule has 0 aliphatic carbocycles. The summed E-state index contributed by atoms with van der Waals surface area (Å²) in [4.78, 5) is 11.8. The van der Waals surface area contributed by atoms with Gasteiger partial charge < -0.3 is 16.3 Å². The number of halogens is 1. The van der Waals surface area contributed by atoms with Crippen molar-refractivity contribution >= 4 is 35.0 Å². The van der Waals surface area contributed by atoms with Crippen molar-refractivity contribution in [2.75, 3.05) is 0 Å². The van der Waals surface area contributed by atoms with Crippen LogP contribution in [0.15, 0.2) is 36.4 Å². The second kappa shape index (κ2) is 6.58. The predicted octanol–water partition coefficient (Wildman–Crippen LogP) is 0.766. The van der Waals surface area contributed by atoms with Crippen LogP contribution in [0.1, 0.15) is 10.4 Å². The Hall–Kier alpha value is -2.31. The molecule has 2 aromatic carbocycles. The molecule has 2 aromatic rings. The number of fused-ring (bicyclic) bond motifs is 1. The van der Waals surface area contributed by atoms with E-state index < -0.39 is 11.9 Å². The zero-order valence-electron chi connectivity index (χ0n) is 9.81. The minimum Gasteiger partial charge on any atom is -0.507 e. The Morgan fingerprint density at radius 2 is 1.84 bits per heavy atom. The van der Waals surface area contributed by atoms with Gasteiger partial charge in [0.1, 0.15) is 5.75 Å². The Bertz CT molecular complexity index is 616. The molecule has 2 rings (SSSR count). The number of carbonyl (C=O) groups excluding carboxylic acids is 1. The van der Waals surface area contributed by atoms with Crippen molar-refractivity contribution in [1.82, 2.24) is 5.32 Å². The van der Waals surface area contributed by atoms with E-state index in [4.69, 9.17) is 11.1 Å². The smallest absolute Gasteiger partial charge is 0.262 e. The molecule has 0 unspecified atom stereocenters. The van der Waals surface area contributed by atoms with Gasteiger partial charge in [-0.1, -0.05) is 30.3 Å². The molecule has 102 valence electrons. The van der Waals surface area contributed by atoms with Gasteiger partial charge in [0.2, 0.25) is 0 Å². The van der Waals surface area contributed by atoms with E-state index in [-0.39, 0.29) is 29.2 Å². The van der Waals surface area contributed by atoms with Crippen molar-refractivity contribution in [3.63, 3.8) is 0 Å². The fourth-order valence-electron chi connectivity index (χ4n) is 1.68. The zero-order chi connectivity index (χ0) is 12.4. The summed E-state index contributed by atoms with van der Waals surface area (Å²) >= 11 is 0. The number of guanidine groups is 1. The lowest BCUT2D eigenvalue weighted by Crippen LogP contribution is -2.35. The molecule has 6 nitrogen and oxygen atoms in total. The van der Waals surface area contributed by atoms with Crippen LogP contribution in [0.4, 0.5) is 0 Å². The summed E-state index contributed by atoms with van der Waals surface area (Å²) in [6, 6.07) is 10.3. The number of phenols is 1. The highest BCUT2D eigenvalue weighted by atomic mass is 35.5. The number of nitrogens with two attached hydrogens (primary N) is 1. The second-order valence-corrected chi connectivity index (χ2v) is 3.55. The molecule has 19 heavy (non-hydrogen) atoms. The van der Waals surface area contributed by atoms with Crippen molar-refractivity contribution in [2.45, 2.75) is 0 Å². The fourth-order valence-corrected chi connectivity index (χ4v) is 1.68. The summed E-state index contributed by atoms with van der Waals surface area (Å²) in [6.45, 7) is 0. The predicted molar refractivity (Wildman–Crippen MR) is 75.9 cm³/mol. The van der Waals surface area contributed by atoms with E-state index in [1.54, 1.807) is 18.2 Å². The molecule has 0 fully saturated rings. The summed E-state index contributed by atoms with van der Waals surface area (Å²) in [6.07, 6.45) is 0. The first-order valence-corrected chi connectivity index (χ1v) is 4.95. The molecule has 0 aliphatic rings. The van der Waals surface area contributed by atoms with Crippen molar-refractivity contribution < 1.29 is 15.4 Å². The van der Waals surface area contributed by atoms with E-state index >= 15 is 0 Å². The lowest BCUT2D eigenvalue weighted by molar-refractivity contribution is 0.0975. The maximum Gasteiger partial charge on any atom is 0.262 e. The second-order valence-electron chi connectivity index (χ2n) is 3.55. The fraction of sp³-hybridized carbons (Fsp3) is 0. The summed E-state index contributed by atoms with van der Waals surface area (Å²) in [5, 5.41) is 20.3. The SMILES string of the molecule is Cl.N=C(N)NC(=O)c1c(O)ccc2ccccc12.O. The molecule has 0 radical (unpaired) electrons. The van der Waals surface area contributed by atoms with E-state index in [9.17, 15) is 9.90 Å². The highest BCUT2D eigenvalue weighted by Gasteiger charge is 2.15. The van der Waals surface area contributed by atoms with Crippen LogP contribution < -0.4 is 11.1 Å². The van der Waals surface area contributed by atoms with Gasteiger partial charge in [0.15, 0.2) is 5.96 Å². The number of hydrogen-bond acceptors (Lipinski definition) is 3. The van der Waals surface area contributed by atoms with E-state index in [0.29, 0.717) is 5.39 Å². The quantitative estimate of drug-likeness (QED) is 0.455. The molecule has 0 bridgehead atoms. The number of nitrogens with one attached hydrogen (secondary N) is 2. The minimum absolute atomic E-state index is 0. The number of rotatable bonds is 1. The number of hydrogen-bond donors (Lipinski definition) is 4. The Morgan fingerprint density at radius 1 is 1.21 bits per heavy atom. The Morgan fingerprint density at radius 3 is 2.47 bits per heavy atom. The lowest BCUT2D eigenvalue weighted by Gasteiger charge is -2.08.